The Kier molecular flexibility index (Phi) is 3.40. The maximum absolute atomic E-state index is 4.61. The highest BCUT2D eigenvalue weighted by Crippen LogP contribution is 2.26. The summed E-state index contributed by atoms with van der Waals surface area (Å²) < 4.78 is 4.73. The van der Waals surface area contributed by atoms with E-state index in [-0.39, 0.29) is 0 Å². The molecule has 0 saturated carbocycles. The first kappa shape index (κ1) is 13.1. The van der Waals surface area contributed by atoms with Gasteiger partial charge >= 0.3 is 0 Å². The maximum atomic E-state index is 4.61. The average molecular weight is 332 g/mol. The van der Waals surface area contributed by atoms with Crippen molar-refractivity contribution in [1.82, 2.24) is 24.5 Å². The molecule has 0 aliphatic rings. The highest BCUT2D eigenvalue weighted by atomic mass is 79.9. The van der Waals surface area contributed by atoms with Gasteiger partial charge in [0.15, 0.2) is 5.82 Å². The summed E-state index contributed by atoms with van der Waals surface area (Å²) in [5.41, 5.74) is 3.27. The van der Waals surface area contributed by atoms with Gasteiger partial charge in [0.25, 0.3) is 0 Å². The van der Waals surface area contributed by atoms with Gasteiger partial charge in [-0.3, -0.25) is 4.68 Å². The number of aromatic nitrogens is 5. The Bertz CT molecular complexity index is 726. The number of rotatable bonds is 3. The van der Waals surface area contributed by atoms with Crippen LogP contribution in [0.1, 0.15) is 11.4 Å². The molecule has 0 aliphatic carbocycles. The van der Waals surface area contributed by atoms with E-state index in [1.54, 1.807) is 6.33 Å². The summed E-state index contributed by atoms with van der Waals surface area (Å²) in [6, 6.07) is 8.33. The molecule has 0 unspecified atom stereocenters. The molecule has 0 atom stereocenters. The highest BCUT2D eigenvalue weighted by molar-refractivity contribution is 9.10. The van der Waals surface area contributed by atoms with Crippen LogP contribution >= 0.6 is 15.9 Å². The van der Waals surface area contributed by atoms with Crippen molar-refractivity contribution in [3.8, 4) is 11.3 Å². The second-order valence-corrected chi connectivity index (χ2v) is 5.60. The molecule has 2 heterocycles. The van der Waals surface area contributed by atoms with Crippen molar-refractivity contribution in [1.29, 1.82) is 0 Å². The molecule has 3 aromatic rings. The summed E-state index contributed by atoms with van der Waals surface area (Å²) in [6.45, 7) is 2.67. The van der Waals surface area contributed by atoms with Crippen LogP contribution in [0.3, 0.4) is 0 Å². The fraction of sp³-hybridized carbons (Fsp3) is 0.214. The largest absolute Gasteiger partial charge is 0.319 e. The standard InChI is InChI=1S/C14H14BrN5/c1-10-3-5-11(6-4-10)14-12(15)7-20(18-14)8-13-17-16-9-19(13)2/h3-7,9H,8H2,1-2H3. The minimum absolute atomic E-state index is 0.598. The molecule has 0 amide bonds. The van der Waals surface area contributed by atoms with Gasteiger partial charge in [-0.05, 0) is 22.9 Å². The van der Waals surface area contributed by atoms with Gasteiger partial charge in [-0.2, -0.15) is 5.10 Å². The number of halogens is 1. The van der Waals surface area contributed by atoms with Crippen LogP contribution in [-0.4, -0.2) is 24.5 Å². The van der Waals surface area contributed by atoms with E-state index in [0.29, 0.717) is 6.54 Å². The van der Waals surface area contributed by atoms with E-state index in [2.05, 4.69) is 62.4 Å². The van der Waals surface area contributed by atoms with E-state index in [0.717, 1.165) is 21.6 Å². The van der Waals surface area contributed by atoms with E-state index in [1.807, 2.05) is 22.5 Å². The van der Waals surface area contributed by atoms with Crippen molar-refractivity contribution in [3.63, 3.8) is 0 Å². The summed E-state index contributed by atoms with van der Waals surface area (Å²) in [5, 5.41) is 12.6. The molecular formula is C14H14BrN5. The predicted molar refractivity (Wildman–Crippen MR) is 80.2 cm³/mol. The lowest BCUT2D eigenvalue weighted by Gasteiger charge is -2.01. The lowest BCUT2D eigenvalue weighted by molar-refractivity contribution is 0.631. The summed E-state index contributed by atoms with van der Waals surface area (Å²) in [6.07, 6.45) is 3.65. The molecule has 1 aromatic carbocycles. The van der Waals surface area contributed by atoms with Gasteiger partial charge in [0.05, 0.1) is 4.47 Å². The van der Waals surface area contributed by atoms with Crippen molar-refractivity contribution in [2.24, 2.45) is 7.05 Å². The minimum Gasteiger partial charge on any atom is -0.319 e. The van der Waals surface area contributed by atoms with E-state index < -0.39 is 0 Å². The second kappa shape index (κ2) is 5.20. The molecule has 0 saturated heterocycles. The molecule has 102 valence electrons. The lowest BCUT2D eigenvalue weighted by atomic mass is 10.1. The second-order valence-electron chi connectivity index (χ2n) is 4.75. The fourth-order valence-electron chi connectivity index (χ4n) is 1.98. The SMILES string of the molecule is Cc1ccc(-c2nn(Cc3nncn3C)cc2Br)cc1. The Morgan fingerprint density at radius 3 is 2.60 bits per heavy atom. The topological polar surface area (TPSA) is 48.5 Å². The zero-order valence-electron chi connectivity index (χ0n) is 11.3. The third-order valence-electron chi connectivity index (χ3n) is 3.15. The van der Waals surface area contributed by atoms with Crippen molar-refractivity contribution in [2.75, 3.05) is 0 Å². The van der Waals surface area contributed by atoms with Crippen LogP contribution in [0.15, 0.2) is 41.3 Å². The summed E-state index contributed by atoms with van der Waals surface area (Å²) in [5.74, 6) is 0.871. The van der Waals surface area contributed by atoms with Crippen molar-refractivity contribution in [2.45, 2.75) is 13.5 Å². The van der Waals surface area contributed by atoms with Crippen LogP contribution in [0.25, 0.3) is 11.3 Å². The first-order valence-electron chi connectivity index (χ1n) is 6.26. The molecule has 0 aliphatic heterocycles. The van der Waals surface area contributed by atoms with Gasteiger partial charge in [-0.15, -0.1) is 10.2 Å². The molecule has 0 radical (unpaired) electrons. The van der Waals surface area contributed by atoms with Crippen LogP contribution in [0.2, 0.25) is 0 Å². The number of aryl methyl sites for hydroxylation is 2. The fourth-order valence-corrected chi connectivity index (χ4v) is 2.52. The first-order valence-corrected chi connectivity index (χ1v) is 7.05. The lowest BCUT2D eigenvalue weighted by Crippen LogP contribution is -2.06. The monoisotopic (exact) mass is 331 g/mol. The smallest absolute Gasteiger partial charge is 0.154 e. The average Bonchev–Trinajstić information content (AvgIpc) is 2.98. The first-order chi connectivity index (χ1) is 9.63. The van der Waals surface area contributed by atoms with Crippen LogP contribution in [0.4, 0.5) is 0 Å². The predicted octanol–water partition coefficient (Wildman–Crippen LogP) is 2.80. The molecule has 20 heavy (non-hydrogen) atoms. The third-order valence-corrected chi connectivity index (χ3v) is 3.73. The zero-order valence-corrected chi connectivity index (χ0v) is 12.9. The van der Waals surface area contributed by atoms with Gasteiger partial charge in [-0.1, -0.05) is 29.8 Å². The quantitative estimate of drug-likeness (QED) is 0.741. The van der Waals surface area contributed by atoms with Gasteiger partial charge in [0, 0.05) is 18.8 Å². The van der Waals surface area contributed by atoms with E-state index >= 15 is 0 Å². The Morgan fingerprint density at radius 2 is 1.95 bits per heavy atom. The Morgan fingerprint density at radius 1 is 1.20 bits per heavy atom. The minimum atomic E-state index is 0.598. The Hall–Kier alpha value is -1.95. The molecule has 0 bridgehead atoms. The molecule has 6 heteroatoms. The molecule has 2 aromatic heterocycles. The Balaban J connectivity index is 1.91. The maximum Gasteiger partial charge on any atom is 0.154 e. The van der Waals surface area contributed by atoms with Crippen LogP contribution in [-0.2, 0) is 13.6 Å². The molecule has 3 rings (SSSR count). The van der Waals surface area contributed by atoms with Gasteiger partial charge in [-0.25, -0.2) is 0 Å². The van der Waals surface area contributed by atoms with Gasteiger partial charge in [0.2, 0.25) is 0 Å². The normalized spacial score (nSPS) is 10.9. The van der Waals surface area contributed by atoms with Crippen molar-refractivity contribution in [3.05, 3.63) is 52.7 Å². The number of hydrogen-bond acceptors (Lipinski definition) is 3. The zero-order chi connectivity index (χ0) is 14.1. The summed E-state index contributed by atoms with van der Waals surface area (Å²) in [4.78, 5) is 0. The summed E-state index contributed by atoms with van der Waals surface area (Å²) in [7, 11) is 1.93. The van der Waals surface area contributed by atoms with Crippen molar-refractivity contribution >= 4 is 15.9 Å². The molecule has 5 nitrogen and oxygen atoms in total. The molecule has 0 fully saturated rings. The number of benzene rings is 1. The molecule has 0 N–H and O–H groups in total. The molecular weight excluding hydrogens is 318 g/mol. The Labute approximate surface area is 125 Å². The number of hydrogen-bond donors (Lipinski definition) is 0. The van der Waals surface area contributed by atoms with E-state index in [4.69, 9.17) is 0 Å². The van der Waals surface area contributed by atoms with Crippen LogP contribution < -0.4 is 0 Å². The van der Waals surface area contributed by atoms with Crippen molar-refractivity contribution < 1.29 is 0 Å². The van der Waals surface area contributed by atoms with Gasteiger partial charge in [0.1, 0.15) is 18.6 Å². The highest BCUT2D eigenvalue weighted by Gasteiger charge is 2.10. The van der Waals surface area contributed by atoms with Crippen LogP contribution in [0.5, 0.6) is 0 Å². The third kappa shape index (κ3) is 2.51. The van der Waals surface area contributed by atoms with Crippen LogP contribution in [0, 0.1) is 6.92 Å². The molecule has 0 spiro atoms. The van der Waals surface area contributed by atoms with Gasteiger partial charge < -0.3 is 4.57 Å². The summed E-state index contributed by atoms with van der Waals surface area (Å²) >= 11 is 3.57. The number of nitrogens with zero attached hydrogens (tertiary/aromatic N) is 5. The van der Waals surface area contributed by atoms with E-state index in [9.17, 15) is 0 Å². The van der Waals surface area contributed by atoms with E-state index in [1.165, 1.54) is 5.56 Å².